The van der Waals surface area contributed by atoms with Gasteiger partial charge in [-0.15, -0.1) is 0 Å². The van der Waals surface area contributed by atoms with Crippen molar-refractivity contribution in [3.63, 3.8) is 0 Å². The van der Waals surface area contributed by atoms with Crippen molar-refractivity contribution in [2.75, 3.05) is 0 Å². The van der Waals surface area contributed by atoms with Gasteiger partial charge in [-0.25, -0.2) is 18.1 Å². The molecule has 0 aromatic carbocycles. The van der Waals surface area contributed by atoms with Gasteiger partial charge in [0.05, 0.1) is 16.6 Å². The zero-order valence-electron chi connectivity index (χ0n) is 15.7. The number of fused-ring (bicyclic) bond motifs is 1. The summed E-state index contributed by atoms with van der Waals surface area (Å²) in [5, 5.41) is 8.80. The monoisotopic (exact) mass is 403 g/mol. The standard InChI is InChI=1S/C18H21N5O4S/c1-9(2)16-15-12(7-13(10-3-4-10)19-18(15)27-22-16)17-20-14(21-26-17)8-28(24,25)23-11-5-6-11/h7,9-11,23H,3-6,8H2,1-2H3. The van der Waals surface area contributed by atoms with Crippen molar-refractivity contribution < 1.29 is 17.5 Å². The molecule has 2 aliphatic carbocycles. The predicted octanol–water partition coefficient (Wildman–Crippen LogP) is 2.86. The van der Waals surface area contributed by atoms with Gasteiger partial charge in [-0.05, 0) is 37.7 Å². The van der Waals surface area contributed by atoms with E-state index in [0.29, 0.717) is 17.2 Å². The highest BCUT2D eigenvalue weighted by atomic mass is 32.2. The van der Waals surface area contributed by atoms with Crippen LogP contribution in [0.4, 0.5) is 0 Å². The second-order valence-corrected chi connectivity index (χ2v) is 9.69. The fourth-order valence-electron chi connectivity index (χ4n) is 3.23. The van der Waals surface area contributed by atoms with Crippen LogP contribution in [0.1, 0.15) is 68.6 Å². The summed E-state index contributed by atoms with van der Waals surface area (Å²) in [4.78, 5) is 8.96. The molecule has 28 heavy (non-hydrogen) atoms. The van der Waals surface area contributed by atoms with Gasteiger partial charge in [-0.1, -0.05) is 24.2 Å². The molecule has 2 aliphatic rings. The van der Waals surface area contributed by atoms with Crippen LogP contribution in [0.25, 0.3) is 22.6 Å². The Morgan fingerprint density at radius 1 is 1.14 bits per heavy atom. The Kier molecular flexibility index (Phi) is 4.02. The largest absolute Gasteiger partial charge is 0.335 e. The predicted molar refractivity (Wildman–Crippen MR) is 99.9 cm³/mol. The molecule has 2 fully saturated rings. The molecule has 5 rings (SSSR count). The molecule has 0 amide bonds. The Labute approximate surface area is 161 Å². The van der Waals surface area contributed by atoms with Gasteiger partial charge in [-0.2, -0.15) is 4.98 Å². The molecular weight excluding hydrogens is 382 g/mol. The van der Waals surface area contributed by atoms with Crippen molar-refractivity contribution in [2.45, 2.75) is 63.2 Å². The van der Waals surface area contributed by atoms with E-state index in [9.17, 15) is 8.42 Å². The molecule has 2 saturated carbocycles. The zero-order valence-corrected chi connectivity index (χ0v) is 16.5. The number of nitrogens with zero attached hydrogens (tertiary/aromatic N) is 4. The number of pyridine rings is 1. The van der Waals surface area contributed by atoms with Crippen LogP contribution in [0.15, 0.2) is 15.1 Å². The van der Waals surface area contributed by atoms with Crippen LogP contribution >= 0.6 is 0 Å². The molecule has 0 unspecified atom stereocenters. The second-order valence-electron chi connectivity index (χ2n) is 7.94. The molecule has 3 aromatic rings. The van der Waals surface area contributed by atoms with E-state index in [4.69, 9.17) is 9.05 Å². The van der Waals surface area contributed by atoms with Crippen molar-refractivity contribution in [2.24, 2.45) is 0 Å². The quantitative estimate of drug-likeness (QED) is 0.638. The summed E-state index contributed by atoms with van der Waals surface area (Å²) in [6.45, 7) is 4.04. The summed E-state index contributed by atoms with van der Waals surface area (Å²) < 4.78 is 37.9. The zero-order chi connectivity index (χ0) is 19.5. The molecule has 0 atom stereocenters. The smallest absolute Gasteiger partial charge is 0.259 e. The number of hydrogen-bond acceptors (Lipinski definition) is 8. The van der Waals surface area contributed by atoms with Crippen LogP contribution < -0.4 is 4.72 Å². The first-order chi connectivity index (χ1) is 13.4. The Balaban J connectivity index is 1.54. The van der Waals surface area contributed by atoms with Crippen molar-refractivity contribution in [3.05, 3.63) is 23.3 Å². The third kappa shape index (κ3) is 3.42. The summed E-state index contributed by atoms with van der Waals surface area (Å²) in [5.74, 6) is 0.609. The lowest BCUT2D eigenvalue weighted by atomic mass is 10.0. The first-order valence-electron chi connectivity index (χ1n) is 9.53. The fourth-order valence-corrected chi connectivity index (χ4v) is 4.52. The van der Waals surface area contributed by atoms with Crippen LogP contribution in [-0.4, -0.2) is 34.7 Å². The van der Waals surface area contributed by atoms with E-state index < -0.39 is 10.0 Å². The normalized spacial score (nSPS) is 17.7. The van der Waals surface area contributed by atoms with E-state index in [1.165, 1.54) is 0 Å². The van der Waals surface area contributed by atoms with Gasteiger partial charge in [-0.3, -0.25) is 0 Å². The Hall–Kier alpha value is -2.33. The van der Waals surface area contributed by atoms with Crippen molar-refractivity contribution in [1.29, 1.82) is 0 Å². The Bertz CT molecular complexity index is 1140. The van der Waals surface area contributed by atoms with Gasteiger partial charge in [0.1, 0.15) is 5.75 Å². The van der Waals surface area contributed by atoms with Gasteiger partial charge in [0, 0.05) is 17.7 Å². The summed E-state index contributed by atoms with van der Waals surface area (Å²) >= 11 is 0. The molecule has 0 spiro atoms. The maximum absolute atomic E-state index is 12.2. The lowest BCUT2D eigenvalue weighted by Crippen LogP contribution is -2.27. The minimum atomic E-state index is -3.48. The minimum absolute atomic E-state index is 0.0444. The van der Waals surface area contributed by atoms with E-state index in [-0.39, 0.29) is 29.4 Å². The number of nitrogens with one attached hydrogen (secondary N) is 1. The highest BCUT2D eigenvalue weighted by Crippen LogP contribution is 2.42. The molecule has 10 heteroatoms. The first-order valence-corrected chi connectivity index (χ1v) is 11.2. The summed E-state index contributed by atoms with van der Waals surface area (Å²) in [6.07, 6.45) is 3.93. The average molecular weight is 403 g/mol. The third-order valence-electron chi connectivity index (χ3n) is 4.98. The van der Waals surface area contributed by atoms with E-state index in [2.05, 4.69) is 25.0 Å². The van der Waals surface area contributed by atoms with E-state index in [1.807, 2.05) is 19.9 Å². The molecule has 9 nitrogen and oxygen atoms in total. The van der Waals surface area contributed by atoms with Crippen molar-refractivity contribution >= 4 is 21.1 Å². The van der Waals surface area contributed by atoms with Gasteiger partial charge in [0.15, 0.2) is 5.82 Å². The first kappa shape index (κ1) is 17.7. The third-order valence-corrected chi connectivity index (χ3v) is 6.31. The van der Waals surface area contributed by atoms with Crippen LogP contribution in [0.2, 0.25) is 0 Å². The van der Waals surface area contributed by atoms with E-state index in [1.54, 1.807) is 0 Å². The van der Waals surface area contributed by atoms with Crippen LogP contribution in [0.5, 0.6) is 0 Å². The highest BCUT2D eigenvalue weighted by molar-refractivity contribution is 7.88. The van der Waals surface area contributed by atoms with Crippen molar-refractivity contribution in [1.82, 2.24) is 25.0 Å². The summed E-state index contributed by atoms with van der Waals surface area (Å²) in [6, 6.07) is 1.99. The highest BCUT2D eigenvalue weighted by Gasteiger charge is 2.31. The van der Waals surface area contributed by atoms with Gasteiger partial charge in [0.25, 0.3) is 11.6 Å². The molecular formula is C18H21N5O4S. The molecule has 0 bridgehead atoms. The lowest BCUT2D eigenvalue weighted by Gasteiger charge is -2.04. The maximum atomic E-state index is 12.2. The molecule has 3 aromatic heterocycles. The number of rotatable bonds is 7. The maximum Gasteiger partial charge on any atom is 0.259 e. The average Bonchev–Trinajstić information content (AvgIpc) is 3.54. The molecule has 0 radical (unpaired) electrons. The second kappa shape index (κ2) is 6.35. The number of sulfonamides is 1. The van der Waals surface area contributed by atoms with Gasteiger partial charge < -0.3 is 9.05 Å². The summed E-state index contributed by atoms with van der Waals surface area (Å²) in [7, 11) is -3.48. The summed E-state index contributed by atoms with van der Waals surface area (Å²) in [5.41, 5.74) is 2.83. The molecule has 0 aliphatic heterocycles. The Morgan fingerprint density at radius 3 is 2.61 bits per heavy atom. The van der Waals surface area contributed by atoms with Crippen LogP contribution in [0, 0.1) is 0 Å². The van der Waals surface area contributed by atoms with Crippen LogP contribution in [-0.2, 0) is 15.8 Å². The molecule has 3 heterocycles. The minimum Gasteiger partial charge on any atom is -0.335 e. The van der Waals surface area contributed by atoms with Gasteiger partial charge >= 0.3 is 0 Å². The van der Waals surface area contributed by atoms with Crippen LogP contribution in [0.3, 0.4) is 0 Å². The van der Waals surface area contributed by atoms with E-state index >= 15 is 0 Å². The molecule has 0 saturated heterocycles. The molecule has 1 N–H and O–H groups in total. The number of aromatic nitrogens is 4. The van der Waals surface area contributed by atoms with E-state index in [0.717, 1.165) is 42.5 Å². The van der Waals surface area contributed by atoms with Crippen molar-refractivity contribution in [3.8, 4) is 11.5 Å². The SMILES string of the molecule is CC(C)c1noc2nc(C3CC3)cc(-c3nc(CS(=O)(=O)NC4CC4)no3)c12. The topological polar surface area (TPSA) is 124 Å². The molecule has 148 valence electrons. The number of hydrogen-bond donors (Lipinski definition) is 1. The fraction of sp³-hybridized carbons (Fsp3) is 0.556. The Morgan fingerprint density at radius 2 is 1.93 bits per heavy atom. The lowest BCUT2D eigenvalue weighted by molar-refractivity contribution is 0.424. The van der Waals surface area contributed by atoms with Gasteiger partial charge in [0.2, 0.25) is 10.0 Å².